The summed E-state index contributed by atoms with van der Waals surface area (Å²) in [5.74, 6) is 0. The van der Waals surface area contributed by atoms with Gasteiger partial charge < -0.3 is 10.5 Å². The summed E-state index contributed by atoms with van der Waals surface area (Å²) in [7, 11) is 1.85. The van der Waals surface area contributed by atoms with Crippen LogP contribution in [0.5, 0.6) is 0 Å². The largest absolute Gasteiger partial charge is 0.377 e. The van der Waals surface area contributed by atoms with Crippen LogP contribution in [0.1, 0.15) is 78.6 Å². The van der Waals surface area contributed by atoms with E-state index in [0.29, 0.717) is 5.41 Å². The van der Waals surface area contributed by atoms with Gasteiger partial charge in [-0.15, -0.1) is 0 Å². The van der Waals surface area contributed by atoms with Gasteiger partial charge in [-0.3, -0.25) is 0 Å². The van der Waals surface area contributed by atoms with Crippen LogP contribution in [0.25, 0.3) is 0 Å². The first-order chi connectivity index (χ1) is 8.46. The van der Waals surface area contributed by atoms with Gasteiger partial charge in [-0.1, -0.05) is 46.5 Å². The van der Waals surface area contributed by atoms with Gasteiger partial charge in [0, 0.05) is 13.2 Å². The van der Waals surface area contributed by atoms with Crippen molar-refractivity contribution < 1.29 is 4.74 Å². The quantitative estimate of drug-likeness (QED) is 0.690. The molecule has 0 aliphatic heterocycles. The molecule has 2 N–H and O–H groups in total. The lowest BCUT2D eigenvalue weighted by atomic mass is 9.68. The second-order valence-electron chi connectivity index (χ2n) is 6.89. The monoisotopic (exact) mass is 255 g/mol. The highest BCUT2D eigenvalue weighted by Gasteiger charge is 2.42. The SMILES string of the molecule is CCCCCCC(N)C1(OC)CCC(C)(C)CC1. The maximum atomic E-state index is 6.44. The maximum absolute atomic E-state index is 6.44. The van der Waals surface area contributed by atoms with Gasteiger partial charge in [0.15, 0.2) is 0 Å². The number of ether oxygens (including phenoxy) is 1. The molecular weight excluding hydrogens is 222 g/mol. The first-order valence-electron chi connectivity index (χ1n) is 7.76. The molecule has 1 aliphatic carbocycles. The molecule has 0 saturated heterocycles. The Balaban J connectivity index is 2.44. The topological polar surface area (TPSA) is 35.2 Å². The van der Waals surface area contributed by atoms with Gasteiger partial charge in [-0.05, 0) is 37.5 Å². The molecule has 0 spiro atoms. The summed E-state index contributed by atoms with van der Waals surface area (Å²) in [6.07, 6.45) is 11.1. The predicted octanol–water partition coefficient (Wildman–Crippen LogP) is 4.27. The minimum atomic E-state index is -0.0399. The molecule has 0 aromatic carbocycles. The van der Waals surface area contributed by atoms with E-state index in [1.54, 1.807) is 0 Å². The van der Waals surface area contributed by atoms with Crippen molar-refractivity contribution in [2.24, 2.45) is 11.1 Å². The van der Waals surface area contributed by atoms with Crippen molar-refractivity contribution in [2.75, 3.05) is 7.11 Å². The first kappa shape index (κ1) is 16.0. The van der Waals surface area contributed by atoms with Crippen LogP contribution in [0.2, 0.25) is 0 Å². The van der Waals surface area contributed by atoms with E-state index in [9.17, 15) is 0 Å². The van der Waals surface area contributed by atoms with E-state index in [1.165, 1.54) is 38.5 Å². The Bertz CT molecular complexity index is 227. The summed E-state index contributed by atoms with van der Waals surface area (Å²) < 4.78 is 5.87. The lowest BCUT2D eigenvalue weighted by Gasteiger charge is -2.46. The molecule has 0 amide bonds. The van der Waals surface area contributed by atoms with Crippen molar-refractivity contribution in [1.82, 2.24) is 0 Å². The van der Waals surface area contributed by atoms with Gasteiger partial charge in [0.1, 0.15) is 0 Å². The Morgan fingerprint density at radius 1 is 1.06 bits per heavy atom. The molecule has 1 fully saturated rings. The second-order valence-corrected chi connectivity index (χ2v) is 6.89. The second kappa shape index (κ2) is 6.91. The van der Waals surface area contributed by atoms with Crippen molar-refractivity contribution in [2.45, 2.75) is 90.2 Å². The number of hydrogen-bond acceptors (Lipinski definition) is 2. The average molecular weight is 255 g/mol. The molecular formula is C16H33NO. The molecule has 1 unspecified atom stereocenters. The number of unbranched alkanes of at least 4 members (excludes halogenated alkanes) is 3. The summed E-state index contributed by atoms with van der Waals surface area (Å²) in [4.78, 5) is 0. The summed E-state index contributed by atoms with van der Waals surface area (Å²) in [6.45, 7) is 6.97. The maximum Gasteiger partial charge on any atom is 0.0829 e. The van der Waals surface area contributed by atoms with Gasteiger partial charge in [0.25, 0.3) is 0 Å². The van der Waals surface area contributed by atoms with Crippen LogP contribution in [0.15, 0.2) is 0 Å². The standard InChI is InChI=1S/C16H33NO/c1-5-6-7-8-9-14(17)16(18-4)12-10-15(2,3)11-13-16/h14H,5-13,17H2,1-4H3. The molecule has 1 rings (SSSR count). The van der Waals surface area contributed by atoms with Crippen molar-refractivity contribution in [3.63, 3.8) is 0 Å². The predicted molar refractivity (Wildman–Crippen MR) is 78.7 cm³/mol. The minimum absolute atomic E-state index is 0.0399. The van der Waals surface area contributed by atoms with Gasteiger partial charge in [-0.25, -0.2) is 0 Å². The van der Waals surface area contributed by atoms with E-state index in [4.69, 9.17) is 10.5 Å². The van der Waals surface area contributed by atoms with E-state index in [1.807, 2.05) is 7.11 Å². The summed E-state index contributed by atoms with van der Waals surface area (Å²) >= 11 is 0. The van der Waals surface area contributed by atoms with Gasteiger partial charge in [0.05, 0.1) is 5.60 Å². The fourth-order valence-corrected chi connectivity index (χ4v) is 3.13. The van der Waals surface area contributed by atoms with Crippen LogP contribution in [0, 0.1) is 5.41 Å². The normalized spacial score (nSPS) is 23.8. The third-order valence-electron chi connectivity index (χ3n) is 4.90. The zero-order valence-electron chi connectivity index (χ0n) is 12.9. The van der Waals surface area contributed by atoms with Crippen LogP contribution in [0.3, 0.4) is 0 Å². The fraction of sp³-hybridized carbons (Fsp3) is 1.00. The Morgan fingerprint density at radius 2 is 1.67 bits per heavy atom. The molecule has 108 valence electrons. The van der Waals surface area contributed by atoms with Gasteiger partial charge >= 0.3 is 0 Å². The van der Waals surface area contributed by atoms with Gasteiger partial charge in [0.2, 0.25) is 0 Å². The molecule has 1 atom stereocenters. The molecule has 0 bridgehead atoms. The molecule has 2 nitrogen and oxygen atoms in total. The van der Waals surface area contributed by atoms with Crippen LogP contribution in [0.4, 0.5) is 0 Å². The molecule has 1 aliphatic rings. The first-order valence-corrected chi connectivity index (χ1v) is 7.76. The van der Waals surface area contributed by atoms with Crippen molar-refractivity contribution in [1.29, 1.82) is 0 Å². The van der Waals surface area contributed by atoms with E-state index in [2.05, 4.69) is 20.8 Å². The molecule has 0 radical (unpaired) electrons. The number of nitrogens with two attached hydrogens (primary N) is 1. The average Bonchev–Trinajstić information content (AvgIpc) is 2.35. The van der Waals surface area contributed by atoms with E-state index in [-0.39, 0.29) is 11.6 Å². The molecule has 0 heterocycles. The summed E-state index contributed by atoms with van der Waals surface area (Å²) in [6, 6.07) is 0.218. The minimum Gasteiger partial charge on any atom is -0.377 e. The van der Waals surface area contributed by atoms with Crippen LogP contribution >= 0.6 is 0 Å². The number of rotatable bonds is 7. The number of hydrogen-bond donors (Lipinski definition) is 1. The van der Waals surface area contributed by atoms with Crippen molar-refractivity contribution in [3.8, 4) is 0 Å². The highest BCUT2D eigenvalue weighted by Crippen LogP contribution is 2.43. The Hall–Kier alpha value is -0.0800. The molecule has 0 aromatic rings. The fourth-order valence-electron chi connectivity index (χ4n) is 3.13. The third-order valence-corrected chi connectivity index (χ3v) is 4.90. The lowest BCUT2D eigenvalue weighted by Crippen LogP contribution is -2.52. The highest BCUT2D eigenvalue weighted by molar-refractivity contribution is 4.97. The third kappa shape index (κ3) is 4.24. The van der Waals surface area contributed by atoms with Gasteiger partial charge in [-0.2, -0.15) is 0 Å². The van der Waals surface area contributed by atoms with Crippen LogP contribution < -0.4 is 5.73 Å². The van der Waals surface area contributed by atoms with Crippen molar-refractivity contribution >= 4 is 0 Å². The summed E-state index contributed by atoms with van der Waals surface area (Å²) in [5, 5.41) is 0. The van der Waals surface area contributed by atoms with E-state index < -0.39 is 0 Å². The van der Waals surface area contributed by atoms with Crippen LogP contribution in [-0.2, 0) is 4.74 Å². The molecule has 18 heavy (non-hydrogen) atoms. The van der Waals surface area contributed by atoms with E-state index in [0.717, 1.165) is 19.3 Å². The Kier molecular flexibility index (Phi) is 6.13. The van der Waals surface area contributed by atoms with Crippen molar-refractivity contribution in [3.05, 3.63) is 0 Å². The molecule has 1 saturated carbocycles. The summed E-state index contributed by atoms with van der Waals surface area (Å²) in [5.41, 5.74) is 6.88. The number of methoxy groups -OCH3 is 1. The molecule has 2 heteroatoms. The zero-order valence-corrected chi connectivity index (χ0v) is 12.9. The zero-order chi connectivity index (χ0) is 13.6. The smallest absolute Gasteiger partial charge is 0.0829 e. The Labute approximate surface area is 114 Å². The Morgan fingerprint density at radius 3 is 2.17 bits per heavy atom. The van der Waals surface area contributed by atoms with E-state index >= 15 is 0 Å². The molecule has 0 aromatic heterocycles. The highest BCUT2D eigenvalue weighted by atomic mass is 16.5. The van der Waals surface area contributed by atoms with Crippen LogP contribution in [-0.4, -0.2) is 18.8 Å². The lowest BCUT2D eigenvalue weighted by molar-refractivity contribution is -0.0800.